The lowest BCUT2D eigenvalue weighted by atomic mass is 10.1. The molecule has 0 aromatic heterocycles. The molecular formula is C24H27N3O3. The van der Waals surface area contributed by atoms with Gasteiger partial charge < -0.3 is 25.3 Å². The zero-order valence-electron chi connectivity index (χ0n) is 17.3. The maximum atomic E-state index is 6.01. The fraction of sp³-hybridized carbons (Fsp3) is 0.208. The van der Waals surface area contributed by atoms with E-state index >= 15 is 0 Å². The number of guanidine groups is 1. The van der Waals surface area contributed by atoms with Gasteiger partial charge in [-0.1, -0.05) is 54.6 Å². The van der Waals surface area contributed by atoms with Crippen molar-refractivity contribution in [2.45, 2.75) is 19.8 Å². The predicted octanol–water partition coefficient (Wildman–Crippen LogP) is 4.35. The van der Waals surface area contributed by atoms with E-state index in [0.29, 0.717) is 37.2 Å². The quantitative estimate of drug-likeness (QED) is 0.409. The highest BCUT2D eigenvalue weighted by Gasteiger charge is 2.05. The van der Waals surface area contributed by atoms with Crippen LogP contribution in [0.2, 0.25) is 0 Å². The number of ether oxygens (including phenoxy) is 3. The van der Waals surface area contributed by atoms with Gasteiger partial charge in [-0.3, -0.25) is 0 Å². The van der Waals surface area contributed by atoms with Crippen LogP contribution >= 0.6 is 0 Å². The van der Waals surface area contributed by atoms with E-state index in [1.54, 1.807) is 14.2 Å². The van der Waals surface area contributed by atoms with Crippen molar-refractivity contribution in [1.82, 2.24) is 0 Å². The minimum Gasteiger partial charge on any atom is -0.493 e. The average Bonchev–Trinajstić information content (AvgIpc) is 2.79. The number of nitrogens with two attached hydrogens (primary N) is 1. The molecule has 0 amide bonds. The van der Waals surface area contributed by atoms with Gasteiger partial charge in [-0.05, 0) is 28.8 Å². The van der Waals surface area contributed by atoms with E-state index in [0.717, 1.165) is 16.8 Å². The van der Waals surface area contributed by atoms with Gasteiger partial charge in [0.25, 0.3) is 0 Å². The first-order chi connectivity index (χ1) is 14.7. The van der Waals surface area contributed by atoms with Crippen LogP contribution in [-0.2, 0) is 24.5 Å². The molecule has 0 saturated carbocycles. The molecule has 0 saturated heterocycles. The molecule has 0 radical (unpaired) electrons. The fourth-order valence-electron chi connectivity index (χ4n) is 2.88. The van der Waals surface area contributed by atoms with Crippen LogP contribution in [0, 0.1) is 0 Å². The molecule has 0 heterocycles. The lowest BCUT2D eigenvalue weighted by molar-refractivity contribution is 0.107. The van der Waals surface area contributed by atoms with Crippen LogP contribution in [0.15, 0.2) is 77.8 Å². The zero-order chi connectivity index (χ0) is 21.2. The van der Waals surface area contributed by atoms with Gasteiger partial charge in [-0.2, -0.15) is 0 Å². The molecule has 6 nitrogen and oxygen atoms in total. The largest absolute Gasteiger partial charge is 0.493 e. The second kappa shape index (κ2) is 10.9. The number of methoxy groups -OCH3 is 2. The van der Waals surface area contributed by atoms with Gasteiger partial charge in [0.05, 0.1) is 34.0 Å². The highest BCUT2D eigenvalue weighted by Crippen LogP contribution is 2.29. The minimum atomic E-state index is 0.331. The molecule has 0 bridgehead atoms. The first kappa shape index (κ1) is 21.2. The summed E-state index contributed by atoms with van der Waals surface area (Å²) < 4.78 is 16.3. The van der Waals surface area contributed by atoms with Crippen molar-refractivity contribution in [3.63, 3.8) is 0 Å². The highest BCUT2D eigenvalue weighted by molar-refractivity contribution is 5.92. The first-order valence-electron chi connectivity index (χ1n) is 9.66. The number of nitrogens with zero attached hydrogens (tertiary/aromatic N) is 1. The van der Waals surface area contributed by atoms with Crippen LogP contribution in [0.4, 0.5) is 5.69 Å². The monoisotopic (exact) mass is 405 g/mol. The van der Waals surface area contributed by atoms with Crippen LogP contribution in [-0.4, -0.2) is 20.2 Å². The van der Waals surface area contributed by atoms with Crippen molar-refractivity contribution in [3.05, 3.63) is 89.5 Å². The van der Waals surface area contributed by atoms with E-state index in [9.17, 15) is 0 Å². The Morgan fingerprint density at radius 1 is 0.800 bits per heavy atom. The molecule has 0 aliphatic carbocycles. The smallest absolute Gasteiger partial charge is 0.193 e. The summed E-state index contributed by atoms with van der Waals surface area (Å²) in [5.41, 5.74) is 10.1. The fourth-order valence-corrected chi connectivity index (χ4v) is 2.88. The lowest BCUT2D eigenvalue weighted by Gasteiger charge is -2.11. The van der Waals surface area contributed by atoms with Crippen LogP contribution in [0.3, 0.4) is 0 Å². The van der Waals surface area contributed by atoms with E-state index in [1.807, 2.05) is 60.7 Å². The van der Waals surface area contributed by atoms with Crippen LogP contribution in [0.5, 0.6) is 11.5 Å². The summed E-state index contributed by atoms with van der Waals surface area (Å²) in [5, 5.41) is 3.07. The molecule has 0 aliphatic rings. The highest BCUT2D eigenvalue weighted by atomic mass is 16.5. The van der Waals surface area contributed by atoms with Gasteiger partial charge in [0.1, 0.15) is 0 Å². The summed E-state index contributed by atoms with van der Waals surface area (Å²) in [6, 6.07) is 23.8. The summed E-state index contributed by atoms with van der Waals surface area (Å²) in [6.45, 7) is 1.66. The molecule has 30 heavy (non-hydrogen) atoms. The molecule has 6 heteroatoms. The second-order valence-electron chi connectivity index (χ2n) is 6.69. The van der Waals surface area contributed by atoms with Crippen molar-refractivity contribution in [2.75, 3.05) is 19.5 Å². The van der Waals surface area contributed by atoms with Crippen molar-refractivity contribution >= 4 is 11.6 Å². The molecular weight excluding hydrogens is 378 g/mol. The van der Waals surface area contributed by atoms with Gasteiger partial charge in [-0.25, -0.2) is 4.99 Å². The third kappa shape index (κ3) is 6.25. The Kier molecular flexibility index (Phi) is 7.69. The third-order valence-electron chi connectivity index (χ3n) is 4.49. The van der Waals surface area contributed by atoms with E-state index in [2.05, 4.69) is 22.4 Å². The number of benzene rings is 3. The number of rotatable bonds is 9. The molecule has 0 aliphatic heterocycles. The SMILES string of the molecule is COc1ccc(NC(N)=NCc2ccc(COCc3ccccc3)cc2)cc1OC. The maximum Gasteiger partial charge on any atom is 0.193 e. The molecule has 156 valence electrons. The van der Waals surface area contributed by atoms with Gasteiger partial charge in [-0.15, -0.1) is 0 Å². The molecule has 3 aromatic carbocycles. The summed E-state index contributed by atoms with van der Waals surface area (Å²) in [5.74, 6) is 1.62. The van der Waals surface area contributed by atoms with Crippen molar-refractivity contribution < 1.29 is 14.2 Å². The van der Waals surface area contributed by atoms with Crippen LogP contribution in [0.1, 0.15) is 16.7 Å². The normalized spacial score (nSPS) is 11.2. The maximum absolute atomic E-state index is 6.01. The van der Waals surface area contributed by atoms with Gasteiger partial charge in [0, 0.05) is 11.8 Å². The number of hydrogen-bond acceptors (Lipinski definition) is 4. The first-order valence-corrected chi connectivity index (χ1v) is 9.66. The van der Waals surface area contributed by atoms with Gasteiger partial charge in [0.2, 0.25) is 0 Å². The molecule has 0 spiro atoms. The molecule has 3 aromatic rings. The Bertz CT molecular complexity index is 957. The zero-order valence-corrected chi connectivity index (χ0v) is 17.3. The van der Waals surface area contributed by atoms with Gasteiger partial charge in [0.15, 0.2) is 17.5 Å². The summed E-state index contributed by atoms with van der Waals surface area (Å²) in [6.07, 6.45) is 0. The lowest BCUT2D eigenvalue weighted by Crippen LogP contribution is -2.22. The summed E-state index contributed by atoms with van der Waals surface area (Å²) in [4.78, 5) is 4.40. The Morgan fingerprint density at radius 3 is 2.10 bits per heavy atom. The number of aliphatic imine (C=N–C) groups is 1. The Labute approximate surface area is 177 Å². The van der Waals surface area contributed by atoms with Crippen molar-refractivity contribution in [1.29, 1.82) is 0 Å². The van der Waals surface area contributed by atoms with E-state index in [4.69, 9.17) is 19.9 Å². The van der Waals surface area contributed by atoms with E-state index in [-0.39, 0.29) is 0 Å². The van der Waals surface area contributed by atoms with Crippen LogP contribution < -0.4 is 20.5 Å². The van der Waals surface area contributed by atoms with Crippen molar-refractivity contribution in [3.8, 4) is 11.5 Å². The van der Waals surface area contributed by atoms with Gasteiger partial charge >= 0.3 is 0 Å². The Balaban J connectivity index is 1.49. The standard InChI is InChI=1S/C24H27N3O3/c1-28-22-13-12-21(14-23(22)29-2)27-24(25)26-15-18-8-10-20(11-9-18)17-30-16-19-6-4-3-5-7-19/h3-14H,15-17H2,1-2H3,(H3,25,26,27). The van der Waals surface area contributed by atoms with E-state index < -0.39 is 0 Å². The number of anilines is 1. The predicted molar refractivity (Wildman–Crippen MR) is 120 cm³/mol. The molecule has 0 unspecified atom stereocenters. The average molecular weight is 405 g/mol. The Hall–Kier alpha value is -3.51. The second-order valence-corrected chi connectivity index (χ2v) is 6.69. The summed E-state index contributed by atoms with van der Waals surface area (Å²) in [7, 11) is 3.19. The number of hydrogen-bond donors (Lipinski definition) is 2. The van der Waals surface area contributed by atoms with Crippen LogP contribution in [0.25, 0.3) is 0 Å². The Morgan fingerprint density at radius 2 is 1.43 bits per heavy atom. The minimum absolute atomic E-state index is 0.331. The molecule has 3 rings (SSSR count). The molecule has 0 fully saturated rings. The molecule has 0 atom stereocenters. The van der Waals surface area contributed by atoms with E-state index in [1.165, 1.54) is 5.56 Å². The van der Waals surface area contributed by atoms with Crippen molar-refractivity contribution in [2.24, 2.45) is 10.7 Å². The third-order valence-corrected chi connectivity index (χ3v) is 4.49. The summed E-state index contributed by atoms with van der Waals surface area (Å²) >= 11 is 0. The number of nitrogens with one attached hydrogen (secondary N) is 1. The molecule has 3 N–H and O–H groups in total. The topological polar surface area (TPSA) is 78.1 Å².